The molecular formula is C60H38N6. The van der Waals surface area contributed by atoms with Crippen LogP contribution in [0.4, 0.5) is 0 Å². The lowest BCUT2D eigenvalue weighted by molar-refractivity contribution is 1.07. The fraction of sp³-hybridized carbons (Fsp3) is 0. The van der Waals surface area contributed by atoms with Crippen molar-refractivity contribution in [2.45, 2.75) is 0 Å². The Morgan fingerprint density at radius 1 is 0.152 bits per heavy atom. The van der Waals surface area contributed by atoms with Crippen LogP contribution in [0.5, 0.6) is 0 Å². The second-order valence-electron chi connectivity index (χ2n) is 16.4. The first-order chi connectivity index (χ1) is 32.6. The van der Waals surface area contributed by atoms with E-state index in [0.29, 0.717) is 34.9 Å². The van der Waals surface area contributed by atoms with E-state index in [1.54, 1.807) is 0 Å². The van der Waals surface area contributed by atoms with Gasteiger partial charge in [0.05, 0.1) is 0 Å². The van der Waals surface area contributed by atoms with Crippen molar-refractivity contribution in [1.82, 2.24) is 29.9 Å². The average molecular weight is 843 g/mol. The highest BCUT2D eigenvalue weighted by Gasteiger charge is 2.15. The van der Waals surface area contributed by atoms with Crippen LogP contribution < -0.4 is 0 Å². The molecule has 10 aromatic carbocycles. The number of rotatable bonds is 8. The zero-order valence-corrected chi connectivity index (χ0v) is 35.6. The van der Waals surface area contributed by atoms with Crippen molar-refractivity contribution in [2.24, 2.45) is 0 Å². The number of hydrogen-bond acceptors (Lipinski definition) is 6. The zero-order valence-electron chi connectivity index (χ0n) is 35.6. The van der Waals surface area contributed by atoms with Crippen molar-refractivity contribution in [2.75, 3.05) is 0 Å². The topological polar surface area (TPSA) is 77.3 Å². The molecule has 0 saturated carbocycles. The Kier molecular flexibility index (Phi) is 9.73. The van der Waals surface area contributed by atoms with Gasteiger partial charge in [-0.15, -0.1) is 0 Å². The lowest BCUT2D eigenvalue weighted by atomic mass is 9.96. The van der Waals surface area contributed by atoms with E-state index in [9.17, 15) is 0 Å². The third-order valence-corrected chi connectivity index (χ3v) is 12.1. The van der Waals surface area contributed by atoms with Gasteiger partial charge in [0.2, 0.25) is 0 Å². The first-order valence-corrected chi connectivity index (χ1v) is 22.0. The first kappa shape index (κ1) is 38.7. The van der Waals surface area contributed by atoms with Crippen LogP contribution in [0, 0.1) is 0 Å². The summed E-state index contributed by atoms with van der Waals surface area (Å²) in [6, 6.07) is 79.9. The van der Waals surface area contributed by atoms with Gasteiger partial charge in [-0.3, -0.25) is 0 Å². The summed E-state index contributed by atoms with van der Waals surface area (Å²) in [5, 5.41) is 6.97. The largest absolute Gasteiger partial charge is 0.208 e. The number of aromatic nitrogens is 6. The number of hydrogen-bond donors (Lipinski definition) is 0. The molecule has 6 nitrogen and oxygen atoms in total. The molecular weight excluding hydrogens is 805 g/mol. The van der Waals surface area contributed by atoms with Gasteiger partial charge in [0.1, 0.15) is 0 Å². The van der Waals surface area contributed by atoms with Crippen molar-refractivity contribution in [1.29, 1.82) is 0 Å². The Balaban J connectivity index is 0.842. The van der Waals surface area contributed by atoms with Gasteiger partial charge in [0.15, 0.2) is 34.9 Å². The van der Waals surface area contributed by atoms with Gasteiger partial charge in [0, 0.05) is 33.4 Å². The molecule has 66 heavy (non-hydrogen) atoms. The summed E-state index contributed by atoms with van der Waals surface area (Å²) < 4.78 is 0. The standard InChI is InChI=1S/C60H38N6/c1-3-13-44(14-4-1)55-61-57(65-59(63-55)52-33-25-39-11-7-9-17-48(39)35-52)46-27-19-41(20-28-46)50-31-23-43-24-32-51(38-54(43)37-50)42-21-29-47(30-22-42)58-62-56(45-15-5-2-6-16-45)64-60(66-58)53-34-26-40-12-8-10-18-49(40)36-53/h1-38H. The van der Waals surface area contributed by atoms with Crippen LogP contribution >= 0.6 is 0 Å². The summed E-state index contributed by atoms with van der Waals surface area (Å²) in [7, 11) is 0. The van der Waals surface area contributed by atoms with Crippen molar-refractivity contribution in [3.05, 3.63) is 231 Å². The third-order valence-electron chi connectivity index (χ3n) is 12.1. The van der Waals surface area contributed by atoms with E-state index < -0.39 is 0 Å². The van der Waals surface area contributed by atoms with Gasteiger partial charge < -0.3 is 0 Å². The molecule has 2 heterocycles. The summed E-state index contributed by atoms with van der Waals surface area (Å²) in [5.41, 5.74) is 10.1. The molecule has 6 heteroatoms. The van der Waals surface area contributed by atoms with Crippen molar-refractivity contribution < 1.29 is 0 Å². The van der Waals surface area contributed by atoms with Crippen LogP contribution in [-0.2, 0) is 0 Å². The normalized spacial score (nSPS) is 11.3. The molecule has 12 aromatic rings. The van der Waals surface area contributed by atoms with Gasteiger partial charge in [-0.1, -0.05) is 206 Å². The van der Waals surface area contributed by atoms with Gasteiger partial charge in [-0.25, -0.2) is 29.9 Å². The van der Waals surface area contributed by atoms with Crippen molar-refractivity contribution in [3.63, 3.8) is 0 Å². The SMILES string of the molecule is c1ccc(-c2nc(-c3ccc(-c4ccc5ccc(-c6ccc(-c7nc(-c8ccccc8)nc(-c8ccc9ccccc9c8)n7)cc6)cc5c4)cc3)nc(-c3ccc4ccccc4c3)n2)cc1. The molecule has 308 valence electrons. The van der Waals surface area contributed by atoms with Crippen LogP contribution in [0.15, 0.2) is 231 Å². The third kappa shape index (κ3) is 7.63. The fourth-order valence-electron chi connectivity index (χ4n) is 8.59. The Morgan fingerprint density at radius 3 is 0.773 bits per heavy atom. The maximum absolute atomic E-state index is 5.02. The van der Waals surface area contributed by atoms with Crippen LogP contribution in [0.25, 0.3) is 123 Å². The Bertz CT molecular complexity index is 3500. The molecule has 0 fully saturated rings. The van der Waals surface area contributed by atoms with Gasteiger partial charge in [0.25, 0.3) is 0 Å². The van der Waals surface area contributed by atoms with Gasteiger partial charge >= 0.3 is 0 Å². The summed E-state index contributed by atoms with van der Waals surface area (Å²) >= 11 is 0. The summed E-state index contributed by atoms with van der Waals surface area (Å²) in [5.74, 6) is 3.82. The van der Waals surface area contributed by atoms with Crippen molar-refractivity contribution in [3.8, 4) is 90.6 Å². The van der Waals surface area contributed by atoms with E-state index in [2.05, 4.69) is 170 Å². The molecule has 0 aliphatic heterocycles. The molecule has 0 bridgehead atoms. The Hall–Kier alpha value is -9.00. The molecule has 0 atom stereocenters. The first-order valence-electron chi connectivity index (χ1n) is 22.0. The van der Waals surface area contributed by atoms with Gasteiger partial charge in [-0.05, 0) is 78.8 Å². The molecule has 2 aromatic heterocycles. The molecule has 0 aliphatic rings. The Morgan fingerprint density at radius 2 is 0.394 bits per heavy atom. The second kappa shape index (κ2) is 16.6. The van der Waals surface area contributed by atoms with E-state index >= 15 is 0 Å². The molecule has 0 aliphatic carbocycles. The molecule has 0 spiro atoms. The summed E-state index contributed by atoms with van der Waals surface area (Å²) in [4.78, 5) is 29.9. The molecule has 0 radical (unpaired) electrons. The number of fused-ring (bicyclic) bond motifs is 3. The maximum Gasteiger partial charge on any atom is 0.164 e. The molecule has 0 unspecified atom stereocenters. The molecule has 12 rings (SSSR count). The number of nitrogens with zero attached hydrogens (tertiary/aromatic N) is 6. The minimum Gasteiger partial charge on any atom is -0.208 e. The Labute approximate surface area is 381 Å². The van der Waals surface area contributed by atoms with Crippen LogP contribution in [0.3, 0.4) is 0 Å². The monoisotopic (exact) mass is 842 g/mol. The van der Waals surface area contributed by atoms with Crippen LogP contribution in [-0.4, -0.2) is 29.9 Å². The van der Waals surface area contributed by atoms with E-state index in [1.165, 1.54) is 16.2 Å². The second-order valence-corrected chi connectivity index (χ2v) is 16.4. The van der Waals surface area contributed by atoms with Crippen molar-refractivity contribution >= 4 is 32.3 Å². The van der Waals surface area contributed by atoms with E-state index in [1.807, 2.05) is 60.7 Å². The highest BCUT2D eigenvalue weighted by Crippen LogP contribution is 2.33. The van der Waals surface area contributed by atoms with E-state index in [4.69, 9.17) is 29.9 Å². The van der Waals surface area contributed by atoms with E-state index in [0.717, 1.165) is 71.8 Å². The molecule has 0 saturated heterocycles. The highest BCUT2D eigenvalue weighted by atomic mass is 15.0. The smallest absolute Gasteiger partial charge is 0.164 e. The predicted octanol–water partition coefficient (Wildman–Crippen LogP) is 14.9. The summed E-state index contributed by atoms with van der Waals surface area (Å²) in [6.07, 6.45) is 0. The van der Waals surface area contributed by atoms with Crippen LogP contribution in [0.2, 0.25) is 0 Å². The number of benzene rings is 10. The quantitative estimate of drug-likeness (QED) is 0.152. The maximum atomic E-state index is 5.02. The average Bonchev–Trinajstić information content (AvgIpc) is 3.40. The molecule has 0 N–H and O–H groups in total. The lowest BCUT2D eigenvalue weighted by Crippen LogP contribution is -2.00. The zero-order chi connectivity index (χ0) is 43.8. The van der Waals surface area contributed by atoms with Crippen LogP contribution in [0.1, 0.15) is 0 Å². The minimum absolute atomic E-state index is 0.630. The lowest BCUT2D eigenvalue weighted by Gasteiger charge is -2.11. The predicted molar refractivity (Wildman–Crippen MR) is 269 cm³/mol. The van der Waals surface area contributed by atoms with Gasteiger partial charge in [-0.2, -0.15) is 0 Å². The highest BCUT2D eigenvalue weighted by molar-refractivity contribution is 5.92. The molecule has 0 amide bonds. The minimum atomic E-state index is 0.630. The van der Waals surface area contributed by atoms with E-state index in [-0.39, 0.29) is 0 Å². The fourth-order valence-corrected chi connectivity index (χ4v) is 8.59. The summed E-state index contributed by atoms with van der Waals surface area (Å²) in [6.45, 7) is 0.